The van der Waals surface area contributed by atoms with Crippen molar-refractivity contribution < 1.29 is 0 Å². The standard InChI is InChI=1S/C12H22/c1-5-7-8-9-10-12(4)11(3)6-2/h5,7-8,11-12H,1,6,9-10H2,2-4H3. The monoisotopic (exact) mass is 166 g/mol. The van der Waals surface area contributed by atoms with E-state index in [1.807, 2.05) is 12.2 Å². The fourth-order valence-electron chi connectivity index (χ4n) is 1.24. The average Bonchev–Trinajstić information content (AvgIpc) is 2.10. The van der Waals surface area contributed by atoms with E-state index >= 15 is 0 Å². The summed E-state index contributed by atoms with van der Waals surface area (Å²) in [4.78, 5) is 0. The SMILES string of the molecule is C=CC=CCCC(C)C(C)CC. The van der Waals surface area contributed by atoms with E-state index in [1.165, 1.54) is 19.3 Å². The molecular formula is C12H22. The van der Waals surface area contributed by atoms with E-state index in [0.29, 0.717) is 0 Å². The molecule has 0 aliphatic rings. The second kappa shape index (κ2) is 7.15. The third-order valence-corrected chi connectivity index (χ3v) is 2.68. The van der Waals surface area contributed by atoms with Crippen LogP contribution in [0.4, 0.5) is 0 Å². The quantitative estimate of drug-likeness (QED) is 0.519. The number of hydrogen-bond donors (Lipinski definition) is 0. The Kier molecular flexibility index (Phi) is 6.84. The average molecular weight is 166 g/mol. The van der Waals surface area contributed by atoms with Gasteiger partial charge in [0.05, 0.1) is 0 Å². The van der Waals surface area contributed by atoms with Crippen LogP contribution in [-0.2, 0) is 0 Å². The maximum absolute atomic E-state index is 3.64. The third kappa shape index (κ3) is 5.17. The highest BCUT2D eigenvalue weighted by molar-refractivity contribution is 4.96. The molecule has 70 valence electrons. The summed E-state index contributed by atoms with van der Waals surface area (Å²) in [5, 5.41) is 0. The van der Waals surface area contributed by atoms with Crippen molar-refractivity contribution >= 4 is 0 Å². The van der Waals surface area contributed by atoms with Crippen LogP contribution in [0.15, 0.2) is 24.8 Å². The van der Waals surface area contributed by atoms with Crippen molar-refractivity contribution in [1.82, 2.24) is 0 Å². The zero-order chi connectivity index (χ0) is 9.40. The van der Waals surface area contributed by atoms with Gasteiger partial charge in [0.15, 0.2) is 0 Å². The van der Waals surface area contributed by atoms with E-state index in [1.54, 1.807) is 0 Å². The molecule has 0 nitrogen and oxygen atoms in total. The van der Waals surface area contributed by atoms with Gasteiger partial charge < -0.3 is 0 Å². The van der Waals surface area contributed by atoms with Gasteiger partial charge in [0.25, 0.3) is 0 Å². The van der Waals surface area contributed by atoms with Crippen LogP contribution in [0.1, 0.15) is 40.0 Å². The highest BCUT2D eigenvalue weighted by atomic mass is 14.1. The number of hydrogen-bond acceptors (Lipinski definition) is 0. The molecule has 0 aromatic rings. The smallest absolute Gasteiger partial charge is 0.0345 e. The Morgan fingerprint density at radius 2 is 1.92 bits per heavy atom. The van der Waals surface area contributed by atoms with Crippen molar-refractivity contribution in [3.63, 3.8) is 0 Å². The van der Waals surface area contributed by atoms with Gasteiger partial charge in [0, 0.05) is 0 Å². The molecule has 0 aromatic heterocycles. The summed E-state index contributed by atoms with van der Waals surface area (Å²) in [5.74, 6) is 1.71. The number of rotatable bonds is 6. The van der Waals surface area contributed by atoms with Gasteiger partial charge in [-0.05, 0) is 24.7 Å². The molecule has 0 aromatic carbocycles. The molecule has 0 radical (unpaired) electrons. The van der Waals surface area contributed by atoms with E-state index in [9.17, 15) is 0 Å². The maximum atomic E-state index is 3.64. The second-order valence-electron chi connectivity index (χ2n) is 3.60. The molecule has 0 amide bonds. The van der Waals surface area contributed by atoms with Crippen molar-refractivity contribution in [1.29, 1.82) is 0 Å². The Hall–Kier alpha value is -0.520. The van der Waals surface area contributed by atoms with Crippen LogP contribution < -0.4 is 0 Å². The molecule has 2 unspecified atom stereocenters. The van der Waals surface area contributed by atoms with Gasteiger partial charge >= 0.3 is 0 Å². The molecule has 0 saturated carbocycles. The normalized spacial score (nSPS) is 16.2. The molecular weight excluding hydrogens is 144 g/mol. The minimum absolute atomic E-state index is 0.851. The lowest BCUT2D eigenvalue weighted by Crippen LogP contribution is -2.05. The third-order valence-electron chi connectivity index (χ3n) is 2.68. The lowest BCUT2D eigenvalue weighted by atomic mass is 9.90. The first-order chi connectivity index (χ1) is 5.72. The molecule has 0 spiro atoms. The summed E-state index contributed by atoms with van der Waals surface area (Å²) >= 11 is 0. The fraction of sp³-hybridized carbons (Fsp3) is 0.667. The van der Waals surface area contributed by atoms with E-state index in [0.717, 1.165) is 11.8 Å². The summed E-state index contributed by atoms with van der Waals surface area (Å²) in [6.07, 6.45) is 9.87. The van der Waals surface area contributed by atoms with Gasteiger partial charge in [0.2, 0.25) is 0 Å². The van der Waals surface area contributed by atoms with Crippen LogP contribution in [0, 0.1) is 11.8 Å². The molecule has 0 N–H and O–H groups in total. The van der Waals surface area contributed by atoms with Gasteiger partial charge in [-0.3, -0.25) is 0 Å². The van der Waals surface area contributed by atoms with Crippen molar-refractivity contribution in [2.75, 3.05) is 0 Å². The van der Waals surface area contributed by atoms with Gasteiger partial charge in [0.1, 0.15) is 0 Å². The van der Waals surface area contributed by atoms with Crippen LogP contribution in [0.2, 0.25) is 0 Å². The molecule has 0 aliphatic heterocycles. The predicted octanol–water partition coefficient (Wildman–Crippen LogP) is 4.19. The molecule has 0 saturated heterocycles. The van der Waals surface area contributed by atoms with Gasteiger partial charge in [-0.15, -0.1) is 0 Å². The lowest BCUT2D eigenvalue weighted by Gasteiger charge is -2.16. The van der Waals surface area contributed by atoms with Gasteiger partial charge in [-0.1, -0.05) is 52.0 Å². The van der Waals surface area contributed by atoms with Crippen molar-refractivity contribution in [3.05, 3.63) is 24.8 Å². The van der Waals surface area contributed by atoms with Crippen molar-refractivity contribution in [3.8, 4) is 0 Å². The zero-order valence-corrected chi connectivity index (χ0v) is 8.72. The van der Waals surface area contributed by atoms with Crippen molar-refractivity contribution in [2.24, 2.45) is 11.8 Å². The zero-order valence-electron chi connectivity index (χ0n) is 8.72. The summed E-state index contributed by atoms with van der Waals surface area (Å²) < 4.78 is 0. The first-order valence-corrected chi connectivity index (χ1v) is 4.99. The van der Waals surface area contributed by atoms with Crippen molar-refractivity contribution in [2.45, 2.75) is 40.0 Å². The Morgan fingerprint density at radius 1 is 1.25 bits per heavy atom. The van der Waals surface area contributed by atoms with E-state index in [2.05, 4.69) is 33.4 Å². The molecule has 0 heteroatoms. The predicted molar refractivity (Wildman–Crippen MR) is 57.2 cm³/mol. The minimum Gasteiger partial charge on any atom is -0.0991 e. The summed E-state index contributed by atoms with van der Waals surface area (Å²) in [5.41, 5.74) is 0. The molecule has 2 atom stereocenters. The van der Waals surface area contributed by atoms with E-state index in [-0.39, 0.29) is 0 Å². The van der Waals surface area contributed by atoms with Crippen LogP contribution in [-0.4, -0.2) is 0 Å². The fourth-order valence-corrected chi connectivity index (χ4v) is 1.24. The van der Waals surface area contributed by atoms with Crippen LogP contribution in [0.3, 0.4) is 0 Å². The van der Waals surface area contributed by atoms with Gasteiger partial charge in [-0.2, -0.15) is 0 Å². The van der Waals surface area contributed by atoms with E-state index in [4.69, 9.17) is 0 Å². The first kappa shape index (κ1) is 11.5. The molecule has 0 fully saturated rings. The Balaban J connectivity index is 3.49. The largest absolute Gasteiger partial charge is 0.0991 e. The highest BCUT2D eigenvalue weighted by Gasteiger charge is 2.07. The van der Waals surface area contributed by atoms with Crippen LogP contribution in [0.5, 0.6) is 0 Å². The summed E-state index contributed by atoms with van der Waals surface area (Å²) in [6.45, 7) is 10.6. The summed E-state index contributed by atoms with van der Waals surface area (Å²) in [6, 6.07) is 0. The van der Waals surface area contributed by atoms with Gasteiger partial charge in [-0.25, -0.2) is 0 Å². The highest BCUT2D eigenvalue weighted by Crippen LogP contribution is 2.19. The van der Waals surface area contributed by atoms with Crippen LogP contribution in [0.25, 0.3) is 0 Å². The topological polar surface area (TPSA) is 0 Å². The second-order valence-corrected chi connectivity index (χ2v) is 3.60. The lowest BCUT2D eigenvalue weighted by molar-refractivity contribution is 0.357. The molecule has 12 heavy (non-hydrogen) atoms. The Labute approximate surface area is 77.4 Å². The first-order valence-electron chi connectivity index (χ1n) is 4.99. The maximum Gasteiger partial charge on any atom is -0.0345 e. The van der Waals surface area contributed by atoms with E-state index < -0.39 is 0 Å². The molecule has 0 aliphatic carbocycles. The minimum atomic E-state index is 0.851. The molecule has 0 heterocycles. The van der Waals surface area contributed by atoms with Crippen LogP contribution >= 0.6 is 0 Å². The summed E-state index contributed by atoms with van der Waals surface area (Å²) in [7, 11) is 0. The molecule has 0 bridgehead atoms. The Bertz CT molecular complexity index is 133. The Morgan fingerprint density at radius 3 is 2.42 bits per heavy atom. The number of allylic oxidation sites excluding steroid dienone is 3. The molecule has 0 rings (SSSR count).